The second-order valence-electron chi connectivity index (χ2n) is 11.7. The van der Waals surface area contributed by atoms with Crippen molar-refractivity contribution >= 4 is 53.8 Å². The maximum Gasteiger partial charge on any atom is 0.178 e. The topological polar surface area (TPSA) is 51.2 Å². The van der Waals surface area contributed by atoms with Crippen molar-refractivity contribution in [3.63, 3.8) is 0 Å². The Morgan fingerprint density at radius 1 is 0.232 bits per heavy atom. The monoisotopic (exact) mass is 914 g/mol. The molecule has 0 atom stereocenters. The number of hydrogen-bond acceptors (Lipinski definition) is 3. The minimum atomic E-state index is -0.0114. The van der Waals surface area contributed by atoms with Crippen molar-refractivity contribution in [2.75, 3.05) is 0 Å². The number of carbonyl (C=O) groups is 3. The van der Waals surface area contributed by atoms with Gasteiger partial charge in [0, 0.05) is 0 Å². The summed E-state index contributed by atoms with van der Waals surface area (Å²) >= 11 is 0. The van der Waals surface area contributed by atoms with Gasteiger partial charge < -0.3 is 40.8 Å². The maximum absolute atomic E-state index is 11.6. The summed E-state index contributed by atoms with van der Waals surface area (Å²) in [6.07, 6.45) is 20.4. The van der Waals surface area contributed by atoms with Crippen LogP contribution >= 0.6 is 0 Å². The number of allylic oxidation sites excluding steroid dienone is 6. The van der Waals surface area contributed by atoms with Gasteiger partial charge in [0.05, 0.1) is 0 Å². The summed E-state index contributed by atoms with van der Waals surface area (Å²) in [7, 11) is 0. The van der Waals surface area contributed by atoms with E-state index >= 15 is 0 Å². The second-order valence-corrected chi connectivity index (χ2v) is 11.7. The molecule has 6 rings (SSSR count). The van der Waals surface area contributed by atoms with Crippen molar-refractivity contribution < 1.29 is 55.2 Å². The minimum Gasteiger partial charge on any atom is -1.00 e. The fourth-order valence-electron chi connectivity index (χ4n) is 4.62. The smallest absolute Gasteiger partial charge is 0.178 e. The van der Waals surface area contributed by atoms with Gasteiger partial charge in [-0.25, -0.2) is 0 Å². The Morgan fingerprint density at radius 3 is 0.482 bits per heavy atom. The molecule has 0 heterocycles. The molecule has 6 aromatic carbocycles. The molecule has 0 aliphatic rings. The van der Waals surface area contributed by atoms with Crippen molar-refractivity contribution in [1.82, 2.24) is 0 Å². The summed E-state index contributed by atoms with van der Waals surface area (Å²) in [5.41, 5.74) is 6.16. The molecule has 0 N–H and O–H groups in total. The van der Waals surface area contributed by atoms with Crippen LogP contribution in [0.5, 0.6) is 0 Å². The molecular formula is C51H42O3Pd2-2. The molecule has 0 saturated heterocycles. The van der Waals surface area contributed by atoms with Crippen LogP contribution < -0.4 is 0 Å². The van der Waals surface area contributed by atoms with Crippen molar-refractivity contribution in [2.45, 2.75) is 0 Å². The van der Waals surface area contributed by atoms with Gasteiger partial charge in [0.25, 0.3) is 0 Å². The van der Waals surface area contributed by atoms with Gasteiger partial charge in [-0.05, 0) is 69.8 Å². The Labute approximate surface area is 358 Å². The Kier molecular flexibility index (Phi) is 23.6. The van der Waals surface area contributed by atoms with Crippen molar-refractivity contribution in [1.29, 1.82) is 0 Å². The zero-order chi connectivity index (χ0) is 37.9. The van der Waals surface area contributed by atoms with E-state index in [1.807, 2.05) is 218 Å². The maximum atomic E-state index is 11.6. The number of benzene rings is 6. The number of rotatable bonds is 12. The molecule has 0 fully saturated rings. The number of carbonyl (C=O) groups excluding carboxylic acids is 3. The average molecular weight is 916 g/mol. The van der Waals surface area contributed by atoms with E-state index in [1.165, 1.54) is 0 Å². The largest absolute Gasteiger partial charge is 1.00 e. The van der Waals surface area contributed by atoms with Gasteiger partial charge in [-0.15, -0.1) is 0 Å². The SMILES string of the molecule is O=C(C=Cc1ccccc1)C=Cc1ccccc1.O=C(C=Cc1ccccc1)C=Cc1ccccc1.O=C(C=Cc1ccccc1)C=Cc1ccccc1.[Pd-].[Pd-]. The average Bonchev–Trinajstić information content (AvgIpc) is 3.24. The van der Waals surface area contributed by atoms with Crippen LogP contribution in [-0.2, 0) is 55.2 Å². The summed E-state index contributed by atoms with van der Waals surface area (Å²) in [4.78, 5) is 34.8. The Morgan fingerprint density at radius 2 is 0.357 bits per heavy atom. The molecule has 0 aromatic heterocycles. The van der Waals surface area contributed by atoms with E-state index in [-0.39, 0.29) is 58.2 Å². The first-order chi connectivity index (χ1) is 26.5. The quantitative estimate of drug-likeness (QED) is 0.0908. The summed E-state index contributed by atoms with van der Waals surface area (Å²) in [5, 5.41) is 0. The van der Waals surface area contributed by atoms with Crippen LogP contribution in [0.1, 0.15) is 33.4 Å². The second kappa shape index (κ2) is 28.5. The molecule has 0 aliphatic carbocycles. The third-order valence-electron chi connectivity index (χ3n) is 7.44. The molecule has 0 amide bonds. The van der Waals surface area contributed by atoms with Crippen molar-refractivity contribution in [2.24, 2.45) is 0 Å². The molecule has 286 valence electrons. The summed E-state index contributed by atoms with van der Waals surface area (Å²) in [6.45, 7) is 0. The van der Waals surface area contributed by atoms with Gasteiger partial charge in [0.2, 0.25) is 0 Å². The van der Waals surface area contributed by atoms with E-state index < -0.39 is 0 Å². The predicted molar refractivity (Wildman–Crippen MR) is 228 cm³/mol. The zero-order valence-corrected chi connectivity index (χ0v) is 33.7. The number of hydrogen-bond donors (Lipinski definition) is 0. The van der Waals surface area contributed by atoms with Crippen LogP contribution in [0, 0.1) is 0 Å². The summed E-state index contributed by atoms with van der Waals surface area (Å²) in [5.74, 6) is -0.0341. The van der Waals surface area contributed by atoms with Gasteiger partial charge >= 0.3 is 0 Å². The van der Waals surface area contributed by atoms with E-state index in [4.69, 9.17) is 0 Å². The first-order valence-electron chi connectivity index (χ1n) is 17.5. The van der Waals surface area contributed by atoms with Gasteiger partial charge in [-0.3, -0.25) is 14.4 Å². The van der Waals surface area contributed by atoms with Gasteiger partial charge in [-0.2, -0.15) is 0 Å². The van der Waals surface area contributed by atoms with E-state index in [2.05, 4.69) is 0 Å². The fourth-order valence-corrected chi connectivity index (χ4v) is 4.62. The molecule has 0 aliphatic heterocycles. The van der Waals surface area contributed by atoms with Crippen molar-refractivity contribution in [3.8, 4) is 0 Å². The van der Waals surface area contributed by atoms with Crippen LogP contribution in [0.4, 0.5) is 0 Å². The fraction of sp³-hybridized carbons (Fsp3) is 0. The van der Waals surface area contributed by atoms with E-state index in [9.17, 15) is 14.4 Å². The molecule has 0 bridgehead atoms. The standard InChI is InChI=1S/3C17H14O.2Pd/c3*18-17(13-11-15-7-3-1-4-8-15)14-12-16-9-5-2-6-10-16;;/h3*1-14H;;/q;;;2*-1. The van der Waals surface area contributed by atoms with Crippen LogP contribution in [-0.4, -0.2) is 17.3 Å². The number of ketones is 3. The molecule has 0 unspecified atom stereocenters. The van der Waals surface area contributed by atoms with E-state index in [1.54, 1.807) is 36.5 Å². The van der Waals surface area contributed by atoms with Crippen LogP contribution in [0.3, 0.4) is 0 Å². The Balaban J connectivity index is 0.000000285. The van der Waals surface area contributed by atoms with Crippen LogP contribution in [0.15, 0.2) is 218 Å². The zero-order valence-electron chi connectivity index (χ0n) is 30.6. The normalized spacial score (nSPS) is 10.7. The molecule has 0 spiro atoms. The first-order valence-corrected chi connectivity index (χ1v) is 17.5. The molecular weight excluding hydrogens is 873 g/mol. The molecule has 0 saturated carbocycles. The predicted octanol–water partition coefficient (Wildman–Crippen LogP) is 11.9. The Bertz CT molecular complexity index is 1760. The third-order valence-corrected chi connectivity index (χ3v) is 7.44. The third kappa shape index (κ3) is 20.5. The minimum absolute atomic E-state index is 0. The molecule has 2 radical (unpaired) electrons. The molecule has 6 aromatic rings. The molecule has 3 nitrogen and oxygen atoms in total. The molecule has 5 heteroatoms. The van der Waals surface area contributed by atoms with Crippen molar-refractivity contribution in [3.05, 3.63) is 252 Å². The van der Waals surface area contributed by atoms with Crippen LogP contribution in [0.25, 0.3) is 36.5 Å². The summed E-state index contributed by atoms with van der Waals surface area (Å²) < 4.78 is 0. The van der Waals surface area contributed by atoms with E-state index in [0.29, 0.717) is 0 Å². The Hall–Kier alpha value is -5.91. The first kappa shape index (κ1) is 46.2. The van der Waals surface area contributed by atoms with Gasteiger partial charge in [0.15, 0.2) is 17.3 Å². The van der Waals surface area contributed by atoms with Crippen LogP contribution in [0.2, 0.25) is 0 Å². The molecule has 56 heavy (non-hydrogen) atoms. The van der Waals surface area contributed by atoms with Gasteiger partial charge in [0.1, 0.15) is 0 Å². The van der Waals surface area contributed by atoms with E-state index in [0.717, 1.165) is 33.4 Å². The summed E-state index contributed by atoms with van der Waals surface area (Å²) in [6, 6.07) is 58.7. The van der Waals surface area contributed by atoms with Gasteiger partial charge in [-0.1, -0.05) is 218 Å².